The van der Waals surface area contributed by atoms with Crippen LogP contribution in [0.2, 0.25) is 0 Å². The summed E-state index contributed by atoms with van der Waals surface area (Å²) >= 11 is 0. The van der Waals surface area contributed by atoms with Crippen LogP contribution in [0.3, 0.4) is 0 Å². The molecule has 0 bridgehead atoms. The smallest absolute Gasteiger partial charge is 0.275 e. The molecule has 138 valence electrons. The summed E-state index contributed by atoms with van der Waals surface area (Å²) in [5.41, 5.74) is 0.238. The van der Waals surface area contributed by atoms with Crippen LogP contribution in [0.1, 0.15) is 29.7 Å². The van der Waals surface area contributed by atoms with Crippen molar-refractivity contribution >= 4 is 11.8 Å². The minimum atomic E-state index is -0.211. The molecule has 0 spiro atoms. The number of oxazole rings is 1. The number of benzene rings is 1. The van der Waals surface area contributed by atoms with E-state index in [4.69, 9.17) is 13.9 Å². The molecule has 1 aliphatic heterocycles. The third-order valence-corrected chi connectivity index (χ3v) is 4.08. The van der Waals surface area contributed by atoms with Gasteiger partial charge in [0.2, 0.25) is 11.8 Å². The molecular formula is C18H21N3O5. The van der Waals surface area contributed by atoms with Gasteiger partial charge >= 0.3 is 0 Å². The summed E-state index contributed by atoms with van der Waals surface area (Å²) in [6, 6.07) is 7.12. The molecule has 3 rings (SSSR count). The van der Waals surface area contributed by atoms with Crippen LogP contribution < -0.4 is 14.8 Å². The van der Waals surface area contributed by atoms with Crippen molar-refractivity contribution in [1.29, 1.82) is 0 Å². The molecule has 1 N–H and O–H groups in total. The van der Waals surface area contributed by atoms with Crippen LogP contribution in [0, 0.1) is 0 Å². The lowest BCUT2D eigenvalue weighted by Gasteiger charge is -2.15. The molecule has 1 atom stereocenters. The lowest BCUT2D eigenvalue weighted by Crippen LogP contribution is -2.37. The standard InChI is InChI=1S/C18H21N3O5/c1-12(22)19-13-7-8-21(9-13)18(23)16-10-26-17(20-16)11-25-15-5-3-14(24-2)4-6-15/h3-6,10,13H,7-9,11H2,1-2H3,(H,19,22)/t13-/m1/s1. The van der Waals surface area contributed by atoms with Gasteiger partial charge in [-0.15, -0.1) is 0 Å². The molecule has 0 radical (unpaired) electrons. The van der Waals surface area contributed by atoms with Crippen molar-refractivity contribution in [3.63, 3.8) is 0 Å². The number of carbonyl (C=O) groups is 2. The number of carbonyl (C=O) groups excluding carboxylic acids is 2. The zero-order valence-electron chi connectivity index (χ0n) is 14.7. The highest BCUT2D eigenvalue weighted by Crippen LogP contribution is 2.19. The monoisotopic (exact) mass is 359 g/mol. The number of amides is 2. The van der Waals surface area contributed by atoms with E-state index in [1.165, 1.54) is 13.2 Å². The molecule has 1 aromatic carbocycles. The van der Waals surface area contributed by atoms with Crippen molar-refractivity contribution in [2.24, 2.45) is 0 Å². The summed E-state index contributed by atoms with van der Waals surface area (Å²) in [6.45, 7) is 2.64. The lowest BCUT2D eigenvalue weighted by molar-refractivity contribution is -0.119. The van der Waals surface area contributed by atoms with Crippen LogP contribution in [0.15, 0.2) is 34.9 Å². The first-order chi connectivity index (χ1) is 12.5. The number of likely N-dealkylation sites (tertiary alicyclic amines) is 1. The van der Waals surface area contributed by atoms with Crippen LogP contribution in [-0.2, 0) is 11.4 Å². The van der Waals surface area contributed by atoms with Gasteiger partial charge in [-0.1, -0.05) is 0 Å². The van der Waals surface area contributed by atoms with E-state index in [1.807, 2.05) is 0 Å². The number of nitrogens with one attached hydrogen (secondary N) is 1. The van der Waals surface area contributed by atoms with Crippen molar-refractivity contribution in [1.82, 2.24) is 15.2 Å². The largest absolute Gasteiger partial charge is 0.497 e. The van der Waals surface area contributed by atoms with E-state index in [1.54, 1.807) is 36.3 Å². The van der Waals surface area contributed by atoms with Crippen molar-refractivity contribution < 1.29 is 23.5 Å². The molecule has 0 aliphatic carbocycles. The molecule has 8 heteroatoms. The van der Waals surface area contributed by atoms with E-state index < -0.39 is 0 Å². The fourth-order valence-electron chi connectivity index (χ4n) is 2.80. The Morgan fingerprint density at radius 2 is 2.04 bits per heavy atom. The lowest BCUT2D eigenvalue weighted by atomic mass is 10.2. The van der Waals surface area contributed by atoms with E-state index in [0.717, 1.165) is 12.2 Å². The Labute approximate surface area is 151 Å². The summed E-state index contributed by atoms with van der Waals surface area (Å²) in [5, 5.41) is 2.82. The molecule has 0 unspecified atom stereocenters. The summed E-state index contributed by atoms with van der Waals surface area (Å²) in [4.78, 5) is 29.4. The second-order valence-corrected chi connectivity index (χ2v) is 6.03. The van der Waals surface area contributed by atoms with E-state index in [0.29, 0.717) is 24.7 Å². The minimum absolute atomic E-state index is 0.0128. The first-order valence-electron chi connectivity index (χ1n) is 8.33. The number of hydrogen-bond donors (Lipinski definition) is 1. The number of rotatable bonds is 6. The molecule has 1 saturated heterocycles. The van der Waals surface area contributed by atoms with E-state index in [-0.39, 0.29) is 30.2 Å². The zero-order chi connectivity index (χ0) is 18.5. The Morgan fingerprint density at radius 1 is 1.31 bits per heavy atom. The third-order valence-electron chi connectivity index (χ3n) is 4.08. The number of hydrogen-bond acceptors (Lipinski definition) is 6. The molecule has 26 heavy (non-hydrogen) atoms. The van der Waals surface area contributed by atoms with Gasteiger partial charge in [-0.05, 0) is 30.7 Å². The minimum Gasteiger partial charge on any atom is -0.497 e. The van der Waals surface area contributed by atoms with E-state index >= 15 is 0 Å². The Morgan fingerprint density at radius 3 is 2.73 bits per heavy atom. The first-order valence-corrected chi connectivity index (χ1v) is 8.33. The molecular weight excluding hydrogens is 338 g/mol. The van der Waals surface area contributed by atoms with Crippen molar-refractivity contribution in [3.8, 4) is 11.5 Å². The van der Waals surface area contributed by atoms with Crippen LogP contribution in [0.5, 0.6) is 11.5 Å². The highest BCUT2D eigenvalue weighted by Gasteiger charge is 2.29. The number of nitrogens with zero attached hydrogens (tertiary/aromatic N) is 2. The highest BCUT2D eigenvalue weighted by molar-refractivity contribution is 5.92. The maximum Gasteiger partial charge on any atom is 0.275 e. The fraction of sp³-hybridized carbons (Fsp3) is 0.389. The average Bonchev–Trinajstić information content (AvgIpc) is 3.29. The highest BCUT2D eigenvalue weighted by atomic mass is 16.5. The Balaban J connectivity index is 1.53. The molecule has 8 nitrogen and oxygen atoms in total. The van der Waals surface area contributed by atoms with Gasteiger partial charge in [-0.25, -0.2) is 4.98 Å². The first kappa shape index (κ1) is 17.8. The van der Waals surface area contributed by atoms with Gasteiger partial charge in [-0.2, -0.15) is 0 Å². The molecule has 0 saturated carbocycles. The summed E-state index contributed by atoms with van der Waals surface area (Å²) in [6.07, 6.45) is 2.07. The summed E-state index contributed by atoms with van der Waals surface area (Å²) in [7, 11) is 1.60. The van der Waals surface area contributed by atoms with Crippen LogP contribution in [0.4, 0.5) is 0 Å². The molecule has 1 aromatic heterocycles. The van der Waals surface area contributed by atoms with Gasteiger partial charge < -0.3 is 24.1 Å². The maximum atomic E-state index is 12.5. The van der Waals surface area contributed by atoms with Crippen LogP contribution >= 0.6 is 0 Å². The van der Waals surface area contributed by atoms with Crippen molar-refractivity contribution in [2.75, 3.05) is 20.2 Å². The van der Waals surface area contributed by atoms with Gasteiger partial charge in [0.15, 0.2) is 12.3 Å². The summed E-state index contributed by atoms with van der Waals surface area (Å²) in [5.74, 6) is 1.40. The average molecular weight is 359 g/mol. The Bertz CT molecular complexity index is 771. The molecule has 2 aromatic rings. The SMILES string of the molecule is COc1ccc(OCc2nc(C(=O)N3CC[C@@H](NC(C)=O)C3)co2)cc1. The van der Waals surface area contributed by atoms with Gasteiger partial charge in [-0.3, -0.25) is 9.59 Å². The third kappa shape index (κ3) is 4.33. The van der Waals surface area contributed by atoms with Crippen molar-refractivity contribution in [2.45, 2.75) is 26.0 Å². The number of ether oxygens (including phenoxy) is 2. The Kier molecular flexibility index (Phi) is 5.40. The van der Waals surface area contributed by atoms with Crippen LogP contribution in [-0.4, -0.2) is 47.9 Å². The van der Waals surface area contributed by atoms with Crippen LogP contribution in [0.25, 0.3) is 0 Å². The second kappa shape index (κ2) is 7.90. The predicted molar refractivity (Wildman–Crippen MR) is 92.0 cm³/mol. The van der Waals surface area contributed by atoms with Gasteiger partial charge in [0, 0.05) is 26.1 Å². The quantitative estimate of drug-likeness (QED) is 0.842. The topological polar surface area (TPSA) is 93.9 Å². The maximum absolute atomic E-state index is 12.5. The van der Waals surface area contributed by atoms with Crippen molar-refractivity contribution in [3.05, 3.63) is 42.1 Å². The molecule has 2 amide bonds. The molecule has 1 aliphatic rings. The summed E-state index contributed by atoms with van der Waals surface area (Å²) < 4.78 is 16.0. The fourth-order valence-corrected chi connectivity index (χ4v) is 2.80. The second-order valence-electron chi connectivity index (χ2n) is 6.03. The zero-order valence-corrected chi connectivity index (χ0v) is 14.7. The van der Waals surface area contributed by atoms with Gasteiger partial charge in [0.1, 0.15) is 17.8 Å². The van der Waals surface area contributed by atoms with Gasteiger partial charge in [0.05, 0.1) is 7.11 Å². The van der Waals surface area contributed by atoms with E-state index in [9.17, 15) is 9.59 Å². The number of aromatic nitrogens is 1. The predicted octanol–water partition coefficient (Wildman–Crippen LogP) is 1.61. The number of methoxy groups -OCH3 is 1. The van der Waals surface area contributed by atoms with Gasteiger partial charge in [0.25, 0.3) is 5.91 Å². The van der Waals surface area contributed by atoms with E-state index in [2.05, 4.69) is 10.3 Å². The normalized spacial score (nSPS) is 16.4. The molecule has 2 heterocycles. The molecule has 1 fully saturated rings. The Hall–Kier alpha value is -3.03.